The number of carbonyl (C=O) groups is 2. The number of quaternary nitrogens is 1. The monoisotopic (exact) mass is 1080 g/mol. The number of nitrogens with one attached hydrogen (secondary N) is 1. The van der Waals surface area contributed by atoms with E-state index in [1.54, 1.807) is 0 Å². The Labute approximate surface area is 469 Å². The SMILES string of the molecule is CC/C=C\C/C=C\C/C=C\C/C=C\C/C=C\CCCCCCCCCCCC(=O)OC(/C=C\CCCCCCCCCCCC)C(COP(=O)([O-])OCC[N+](C)(C)C)NC(=O)CCCCC/C=C\CCCCCCCC. The van der Waals surface area contributed by atoms with E-state index >= 15 is 0 Å². The smallest absolute Gasteiger partial charge is 0.306 e. The molecule has 0 aliphatic heterocycles. The molecule has 0 fully saturated rings. The van der Waals surface area contributed by atoms with Crippen LogP contribution in [0.5, 0.6) is 0 Å². The minimum absolute atomic E-state index is 0.0286. The molecule has 440 valence electrons. The van der Waals surface area contributed by atoms with Crippen molar-refractivity contribution >= 4 is 19.7 Å². The van der Waals surface area contributed by atoms with Gasteiger partial charge in [0.25, 0.3) is 7.82 Å². The number of unbranched alkanes of at least 4 members (excludes halogenated alkanes) is 28. The number of hydrogen-bond donors (Lipinski definition) is 1. The molecule has 76 heavy (non-hydrogen) atoms. The Bertz CT molecular complexity index is 1580. The van der Waals surface area contributed by atoms with Crippen molar-refractivity contribution in [2.24, 2.45) is 0 Å². The van der Waals surface area contributed by atoms with Crippen molar-refractivity contribution in [3.8, 4) is 0 Å². The molecular formula is C66H119N2O7P. The second-order valence-corrected chi connectivity index (χ2v) is 23.6. The maximum Gasteiger partial charge on any atom is 0.306 e. The second kappa shape index (κ2) is 55.5. The molecular weight excluding hydrogens is 964 g/mol. The van der Waals surface area contributed by atoms with E-state index in [2.05, 4.69) is 99.0 Å². The molecule has 0 spiro atoms. The molecule has 0 radical (unpaired) electrons. The number of allylic oxidation sites excluding steroid dienone is 13. The first-order valence-electron chi connectivity index (χ1n) is 31.4. The van der Waals surface area contributed by atoms with E-state index in [9.17, 15) is 19.0 Å². The highest BCUT2D eigenvalue weighted by molar-refractivity contribution is 7.45. The van der Waals surface area contributed by atoms with E-state index in [-0.39, 0.29) is 24.9 Å². The molecule has 0 aromatic rings. The van der Waals surface area contributed by atoms with Crippen LogP contribution in [0.3, 0.4) is 0 Å². The van der Waals surface area contributed by atoms with Gasteiger partial charge in [-0.1, -0.05) is 241 Å². The van der Waals surface area contributed by atoms with Crippen LogP contribution in [0, 0.1) is 0 Å². The average molecular weight is 1080 g/mol. The summed E-state index contributed by atoms with van der Waals surface area (Å²) >= 11 is 0. The molecule has 0 aliphatic carbocycles. The van der Waals surface area contributed by atoms with E-state index in [1.807, 2.05) is 33.3 Å². The topological polar surface area (TPSA) is 114 Å². The van der Waals surface area contributed by atoms with Crippen molar-refractivity contribution in [3.05, 3.63) is 85.1 Å². The molecule has 0 rings (SSSR count). The zero-order valence-electron chi connectivity index (χ0n) is 50.2. The van der Waals surface area contributed by atoms with Crippen LogP contribution < -0.4 is 10.2 Å². The molecule has 0 aromatic carbocycles. The van der Waals surface area contributed by atoms with Gasteiger partial charge in [-0.15, -0.1) is 0 Å². The summed E-state index contributed by atoms with van der Waals surface area (Å²) in [5.74, 6) is -0.567. The van der Waals surface area contributed by atoms with Crippen LogP contribution in [0.2, 0.25) is 0 Å². The number of amides is 1. The maximum absolute atomic E-state index is 13.5. The van der Waals surface area contributed by atoms with Gasteiger partial charge in [0.05, 0.1) is 33.8 Å². The van der Waals surface area contributed by atoms with Gasteiger partial charge < -0.3 is 28.5 Å². The van der Waals surface area contributed by atoms with Crippen molar-refractivity contribution in [2.45, 2.75) is 283 Å². The van der Waals surface area contributed by atoms with Gasteiger partial charge in [-0.25, -0.2) is 0 Å². The van der Waals surface area contributed by atoms with E-state index in [0.717, 1.165) is 109 Å². The molecule has 3 unspecified atom stereocenters. The predicted octanol–water partition coefficient (Wildman–Crippen LogP) is 18.8. The molecule has 3 atom stereocenters. The summed E-state index contributed by atoms with van der Waals surface area (Å²) in [5, 5.41) is 3.01. The van der Waals surface area contributed by atoms with Gasteiger partial charge in [0.2, 0.25) is 5.91 Å². The zero-order chi connectivity index (χ0) is 55.7. The number of ether oxygens (including phenoxy) is 1. The van der Waals surface area contributed by atoms with Gasteiger partial charge >= 0.3 is 5.97 Å². The summed E-state index contributed by atoms with van der Waals surface area (Å²) in [5.41, 5.74) is 0. The summed E-state index contributed by atoms with van der Waals surface area (Å²) in [6.07, 6.45) is 72.7. The highest BCUT2D eigenvalue weighted by atomic mass is 31.2. The summed E-state index contributed by atoms with van der Waals surface area (Å²) < 4.78 is 30.3. The molecule has 1 N–H and O–H groups in total. The van der Waals surface area contributed by atoms with Crippen molar-refractivity contribution in [1.82, 2.24) is 5.32 Å². The van der Waals surface area contributed by atoms with Crippen LogP contribution >= 0.6 is 7.82 Å². The molecule has 9 nitrogen and oxygen atoms in total. The Kier molecular flexibility index (Phi) is 53.5. The molecule has 1 amide bonds. The third-order valence-corrected chi connectivity index (χ3v) is 14.5. The first-order valence-corrected chi connectivity index (χ1v) is 32.9. The van der Waals surface area contributed by atoms with Gasteiger partial charge in [0.1, 0.15) is 19.3 Å². The lowest BCUT2D eigenvalue weighted by Crippen LogP contribution is -2.47. The molecule has 0 aliphatic rings. The van der Waals surface area contributed by atoms with Crippen molar-refractivity contribution < 1.29 is 37.3 Å². The highest BCUT2D eigenvalue weighted by Gasteiger charge is 2.27. The van der Waals surface area contributed by atoms with Gasteiger partial charge in [-0.2, -0.15) is 0 Å². The molecule has 10 heteroatoms. The van der Waals surface area contributed by atoms with Crippen LogP contribution in [-0.4, -0.2) is 69.4 Å². The summed E-state index contributed by atoms with van der Waals surface area (Å²) in [4.78, 5) is 39.9. The largest absolute Gasteiger partial charge is 0.756 e. The van der Waals surface area contributed by atoms with Crippen LogP contribution in [0.15, 0.2) is 85.1 Å². The predicted molar refractivity (Wildman–Crippen MR) is 325 cm³/mol. The molecule has 0 bridgehead atoms. The van der Waals surface area contributed by atoms with E-state index in [4.69, 9.17) is 13.8 Å². The Morgan fingerprint density at radius 2 is 0.842 bits per heavy atom. The Balaban J connectivity index is 5.17. The van der Waals surface area contributed by atoms with Crippen molar-refractivity contribution in [2.75, 3.05) is 40.9 Å². The number of likely N-dealkylation sites (N-methyl/N-ethyl adjacent to an activating group) is 1. The minimum Gasteiger partial charge on any atom is -0.756 e. The third-order valence-electron chi connectivity index (χ3n) is 13.6. The van der Waals surface area contributed by atoms with Gasteiger partial charge in [0, 0.05) is 12.8 Å². The summed E-state index contributed by atoms with van der Waals surface area (Å²) in [6.45, 7) is 6.70. The van der Waals surface area contributed by atoms with Gasteiger partial charge in [-0.3, -0.25) is 14.2 Å². The molecule has 0 aromatic heterocycles. The van der Waals surface area contributed by atoms with Gasteiger partial charge in [-0.05, 0) is 102 Å². The fourth-order valence-corrected chi connectivity index (χ4v) is 9.44. The Hall–Kier alpha value is -2.81. The normalized spacial score (nSPS) is 14.2. The van der Waals surface area contributed by atoms with Gasteiger partial charge in [0.15, 0.2) is 0 Å². The second-order valence-electron chi connectivity index (χ2n) is 22.2. The number of nitrogens with zero attached hydrogens (tertiary/aromatic N) is 1. The summed E-state index contributed by atoms with van der Waals surface area (Å²) in [6, 6.07) is -0.901. The fourth-order valence-electron chi connectivity index (χ4n) is 8.72. The number of phosphoric ester groups is 1. The quantitative estimate of drug-likeness (QED) is 0.0212. The van der Waals surface area contributed by atoms with Crippen LogP contribution in [-0.2, 0) is 27.9 Å². The lowest BCUT2D eigenvalue weighted by Gasteiger charge is -2.30. The van der Waals surface area contributed by atoms with E-state index in [0.29, 0.717) is 23.9 Å². The molecule has 0 heterocycles. The third kappa shape index (κ3) is 55.9. The minimum atomic E-state index is -4.70. The molecule has 0 saturated heterocycles. The summed E-state index contributed by atoms with van der Waals surface area (Å²) in [7, 11) is 1.17. The number of esters is 1. The number of rotatable bonds is 56. The first kappa shape index (κ1) is 73.2. The lowest BCUT2D eigenvalue weighted by molar-refractivity contribution is -0.870. The van der Waals surface area contributed by atoms with Crippen molar-refractivity contribution in [1.29, 1.82) is 0 Å². The standard InChI is InChI=1S/C66H119N2O7P/c1-7-10-13-16-19-22-25-28-29-30-31-32-33-34-35-36-37-38-39-41-44-47-50-53-56-59-66(70)75-64(57-54-51-48-45-42-27-24-21-18-15-12-9-3)63(62-74-76(71,72)73-61-60-68(4,5)6)67-65(69)58-55-52-49-46-43-40-26-23-20-17-14-11-8-2/h10,13,19,22,28-29,31-32,34-35,40,43,54,57,63-64H,7-9,11-12,14-18,20-21,23-27,30,33,36-39,41-42,44-53,55-56,58-62H2,1-6H3,(H-,67,69,71,72)/b13-10-,22-19-,29-28-,32-31-,35-34-,43-40-,57-54-. The first-order chi connectivity index (χ1) is 36.9. The highest BCUT2D eigenvalue weighted by Crippen LogP contribution is 2.38. The van der Waals surface area contributed by atoms with Crippen LogP contribution in [0.1, 0.15) is 271 Å². The maximum atomic E-state index is 13.5. The number of phosphoric acid groups is 1. The lowest BCUT2D eigenvalue weighted by atomic mass is 10.0. The molecule has 0 saturated carbocycles. The Morgan fingerprint density at radius 1 is 0.474 bits per heavy atom. The number of carbonyl (C=O) groups excluding carboxylic acids is 2. The number of hydrogen-bond acceptors (Lipinski definition) is 7. The van der Waals surface area contributed by atoms with Crippen molar-refractivity contribution in [3.63, 3.8) is 0 Å². The van der Waals surface area contributed by atoms with E-state index < -0.39 is 26.6 Å². The van der Waals surface area contributed by atoms with Crippen LogP contribution in [0.4, 0.5) is 0 Å². The van der Waals surface area contributed by atoms with E-state index in [1.165, 1.54) is 122 Å². The Morgan fingerprint density at radius 3 is 1.29 bits per heavy atom. The van der Waals surface area contributed by atoms with Crippen LogP contribution in [0.25, 0.3) is 0 Å². The average Bonchev–Trinajstić information content (AvgIpc) is 3.38. The fraction of sp³-hybridized carbons (Fsp3) is 0.758. The zero-order valence-corrected chi connectivity index (χ0v) is 51.1.